The Labute approximate surface area is 175 Å². The van der Waals surface area contributed by atoms with Gasteiger partial charge in [0.1, 0.15) is 0 Å². The lowest BCUT2D eigenvalue weighted by atomic mass is 10.00. The highest BCUT2D eigenvalue weighted by Gasteiger charge is 2.08. The molecular weight excluding hydrogens is 447 g/mol. The van der Waals surface area contributed by atoms with E-state index >= 15 is 0 Å². The fourth-order valence-corrected chi connectivity index (χ4v) is 3.73. The fourth-order valence-electron chi connectivity index (χ4n) is 2.86. The third-order valence-corrected chi connectivity index (χ3v) is 6.02. The van der Waals surface area contributed by atoms with Crippen molar-refractivity contribution in [2.24, 2.45) is 0 Å². The third-order valence-electron chi connectivity index (χ3n) is 4.90. The number of carbonyl (C=O) groups is 1. The van der Waals surface area contributed by atoms with Crippen molar-refractivity contribution >= 4 is 28.6 Å². The van der Waals surface area contributed by atoms with E-state index < -0.39 is 5.97 Å². The average molecular weight is 472 g/mol. The number of aromatic carboxylic acids is 1. The summed E-state index contributed by atoms with van der Waals surface area (Å²) in [7, 11) is 0. The summed E-state index contributed by atoms with van der Waals surface area (Å²) >= 11 is 2.39. The minimum absolute atomic E-state index is 0.381. The predicted molar refractivity (Wildman–Crippen MR) is 121 cm³/mol. The average Bonchev–Trinajstić information content (AvgIpc) is 2.66. The van der Waals surface area contributed by atoms with Crippen molar-refractivity contribution in [2.45, 2.75) is 34.1 Å². The van der Waals surface area contributed by atoms with Gasteiger partial charge in [-0.05, 0) is 102 Å². The monoisotopic (exact) mass is 472 g/mol. The largest absolute Gasteiger partial charge is 0.478 e. The van der Waals surface area contributed by atoms with Gasteiger partial charge < -0.3 is 5.11 Å². The Morgan fingerprint density at radius 2 is 1.44 bits per heavy atom. The Balaban J connectivity index is 0.000000208. The van der Waals surface area contributed by atoms with Crippen molar-refractivity contribution in [3.63, 3.8) is 0 Å². The van der Waals surface area contributed by atoms with E-state index in [1.807, 2.05) is 42.5 Å². The van der Waals surface area contributed by atoms with Gasteiger partial charge in [0.05, 0.1) is 5.56 Å². The summed E-state index contributed by atoms with van der Waals surface area (Å²) in [5.41, 5.74) is 8.05. The second-order valence-electron chi connectivity index (χ2n) is 6.67. The molecule has 0 atom stereocenters. The first-order valence-electron chi connectivity index (χ1n) is 8.89. The Morgan fingerprint density at radius 1 is 0.852 bits per heavy atom. The van der Waals surface area contributed by atoms with Gasteiger partial charge in [0, 0.05) is 3.57 Å². The third kappa shape index (κ3) is 5.67. The minimum atomic E-state index is -0.869. The second-order valence-corrected chi connectivity index (χ2v) is 7.84. The molecule has 3 aromatic rings. The van der Waals surface area contributed by atoms with Gasteiger partial charge in [-0.25, -0.2) is 4.79 Å². The summed E-state index contributed by atoms with van der Waals surface area (Å²) in [5, 5.41) is 9.04. The molecule has 0 bridgehead atoms. The number of carboxylic acids is 1. The topological polar surface area (TPSA) is 37.3 Å². The molecule has 2 nitrogen and oxygen atoms in total. The number of carboxylic acid groups (broad SMARTS) is 1. The van der Waals surface area contributed by atoms with Crippen LogP contribution in [0.15, 0.2) is 60.7 Å². The maximum atomic E-state index is 11.0. The van der Waals surface area contributed by atoms with Crippen LogP contribution >= 0.6 is 22.6 Å². The molecule has 0 radical (unpaired) electrons. The molecule has 27 heavy (non-hydrogen) atoms. The normalized spacial score (nSPS) is 10.1. The molecule has 0 aliphatic rings. The molecule has 0 spiro atoms. The molecule has 0 saturated heterocycles. The van der Waals surface area contributed by atoms with Crippen LogP contribution in [0.5, 0.6) is 0 Å². The predicted octanol–water partition coefficient (Wildman–Crippen LogP) is 6.50. The fraction of sp³-hybridized carbons (Fsp3) is 0.208. The zero-order chi connectivity index (χ0) is 20.0. The van der Waals surface area contributed by atoms with E-state index in [4.69, 9.17) is 5.11 Å². The van der Waals surface area contributed by atoms with Gasteiger partial charge in [-0.2, -0.15) is 0 Å². The number of hydrogen-bond acceptors (Lipinski definition) is 1. The smallest absolute Gasteiger partial charge is 0.335 e. The summed E-state index contributed by atoms with van der Waals surface area (Å²) in [6.45, 7) is 8.74. The van der Waals surface area contributed by atoms with Gasteiger partial charge in [-0.3, -0.25) is 0 Å². The molecule has 1 N–H and O–H groups in total. The van der Waals surface area contributed by atoms with E-state index in [1.54, 1.807) is 12.1 Å². The first-order valence-corrected chi connectivity index (χ1v) is 9.97. The van der Waals surface area contributed by atoms with Crippen LogP contribution in [0.2, 0.25) is 0 Å². The van der Waals surface area contributed by atoms with Crippen molar-refractivity contribution in [1.82, 2.24) is 0 Å². The summed E-state index contributed by atoms with van der Waals surface area (Å²) in [6.07, 6.45) is 0.656. The quantitative estimate of drug-likeness (QED) is 0.442. The molecule has 3 rings (SSSR count). The molecule has 0 amide bonds. The first kappa shape index (κ1) is 21.2. The number of hydrogen-bond donors (Lipinski definition) is 1. The van der Waals surface area contributed by atoms with Gasteiger partial charge in [-0.15, -0.1) is 0 Å². The molecule has 0 fully saturated rings. The highest BCUT2D eigenvalue weighted by molar-refractivity contribution is 14.1. The molecule has 0 heterocycles. The highest BCUT2D eigenvalue weighted by atomic mass is 127. The van der Waals surface area contributed by atoms with Crippen LogP contribution in [0.3, 0.4) is 0 Å². The lowest BCUT2D eigenvalue weighted by Crippen LogP contribution is -2.02. The summed E-state index contributed by atoms with van der Waals surface area (Å²) < 4.78 is 1.38. The van der Waals surface area contributed by atoms with E-state index in [0.29, 0.717) is 12.0 Å². The number of rotatable bonds is 3. The van der Waals surface area contributed by atoms with Crippen molar-refractivity contribution in [2.75, 3.05) is 0 Å². The van der Waals surface area contributed by atoms with Crippen molar-refractivity contribution in [1.29, 1.82) is 0 Å². The van der Waals surface area contributed by atoms with Gasteiger partial charge in [0.2, 0.25) is 0 Å². The van der Waals surface area contributed by atoms with Crippen LogP contribution in [-0.4, -0.2) is 11.1 Å². The van der Waals surface area contributed by atoms with E-state index in [0.717, 1.165) is 11.1 Å². The van der Waals surface area contributed by atoms with Crippen molar-refractivity contribution in [3.05, 3.63) is 103 Å². The lowest BCUT2D eigenvalue weighted by Gasteiger charge is -2.09. The standard InChI is InChI=1S/C14H12O2.C10H13I/c15-14(16)13-9-5-4-8-12(13)10-11-6-2-1-3-7-11;1-6-5-10(11)9(4)8(3)7(6)2/h1-9H,10H2,(H,15,16);5H,1-4H3. The van der Waals surface area contributed by atoms with E-state index in [2.05, 4.69) is 56.4 Å². The Kier molecular flexibility index (Phi) is 7.60. The first-order chi connectivity index (χ1) is 12.8. The van der Waals surface area contributed by atoms with Gasteiger partial charge >= 0.3 is 5.97 Å². The van der Waals surface area contributed by atoms with Gasteiger partial charge in [0.15, 0.2) is 0 Å². The minimum Gasteiger partial charge on any atom is -0.478 e. The van der Waals surface area contributed by atoms with Crippen LogP contribution in [-0.2, 0) is 6.42 Å². The zero-order valence-corrected chi connectivity index (χ0v) is 18.4. The maximum Gasteiger partial charge on any atom is 0.335 e. The summed E-state index contributed by atoms with van der Waals surface area (Å²) in [5.74, 6) is -0.869. The Bertz CT molecular complexity index is 904. The molecule has 0 unspecified atom stereocenters. The summed E-state index contributed by atoms with van der Waals surface area (Å²) in [6, 6.07) is 19.2. The second kappa shape index (κ2) is 9.70. The van der Waals surface area contributed by atoms with Crippen LogP contribution in [0.1, 0.15) is 43.7 Å². The molecule has 140 valence electrons. The van der Waals surface area contributed by atoms with E-state index in [9.17, 15) is 4.79 Å². The zero-order valence-electron chi connectivity index (χ0n) is 16.2. The molecule has 3 aromatic carbocycles. The van der Waals surface area contributed by atoms with Crippen LogP contribution in [0.25, 0.3) is 0 Å². The molecule has 0 aliphatic heterocycles. The molecular formula is C24H25IO2. The van der Waals surface area contributed by atoms with E-state index in [-0.39, 0.29) is 0 Å². The van der Waals surface area contributed by atoms with Gasteiger partial charge in [0.25, 0.3) is 0 Å². The van der Waals surface area contributed by atoms with Crippen LogP contribution in [0.4, 0.5) is 0 Å². The van der Waals surface area contributed by atoms with Crippen molar-refractivity contribution in [3.8, 4) is 0 Å². The Morgan fingerprint density at radius 3 is 2.07 bits per heavy atom. The SMILES string of the molecule is Cc1cc(I)c(C)c(C)c1C.O=C(O)c1ccccc1Cc1ccccc1. The highest BCUT2D eigenvalue weighted by Crippen LogP contribution is 2.22. The van der Waals surface area contributed by atoms with Crippen LogP contribution in [0, 0.1) is 31.3 Å². The molecule has 3 heteroatoms. The number of halogens is 1. The number of benzene rings is 3. The van der Waals surface area contributed by atoms with Crippen LogP contribution < -0.4 is 0 Å². The summed E-state index contributed by atoms with van der Waals surface area (Å²) in [4.78, 5) is 11.0. The van der Waals surface area contributed by atoms with E-state index in [1.165, 1.54) is 25.8 Å². The molecule has 0 aliphatic carbocycles. The number of aryl methyl sites for hydroxylation is 1. The molecule has 0 aromatic heterocycles. The molecule has 0 saturated carbocycles. The van der Waals surface area contributed by atoms with Gasteiger partial charge in [-0.1, -0.05) is 48.5 Å². The maximum absolute atomic E-state index is 11.0. The Hall–Kier alpha value is -2.14. The van der Waals surface area contributed by atoms with Crippen molar-refractivity contribution < 1.29 is 9.90 Å². The lowest BCUT2D eigenvalue weighted by molar-refractivity contribution is 0.0696.